The Balaban J connectivity index is 2.15. The van der Waals surface area contributed by atoms with Crippen molar-refractivity contribution >= 4 is 11.7 Å². The van der Waals surface area contributed by atoms with Crippen LogP contribution >= 0.6 is 0 Å². The maximum absolute atomic E-state index is 11.2. The van der Waals surface area contributed by atoms with Crippen molar-refractivity contribution in [2.24, 2.45) is 0 Å². The molecule has 0 bridgehead atoms. The molecule has 110 valence electrons. The van der Waals surface area contributed by atoms with Crippen molar-refractivity contribution < 1.29 is 14.6 Å². The minimum Gasteiger partial charge on any atom is -0.497 e. The average molecular weight is 285 g/mol. The molecule has 4 nitrogen and oxygen atoms in total. The summed E-state index contributed by atoms with van der Waals surface area (Å²) in [6.07, 6.45) is 1.01. The number of carboxylic acids is 1. The minimum absolute atomic E-state index is 0.237. The molecule has 0 saturated carbocycles. The summed E-state index contributed by atoms with van der Waals surface area (Å²) < 4.78 is 5.14. The van der Waals surface area contributed by atoms with Crippen molar-refractivity contribution in [3.63, 3.8) is 0 Å². The number of aromatic carboxylic acids is 1. The number of nitrogens with one attached hydrogen (secondary N) is 1. The molecule has 21 heavy (non-hydrogen) atoms. The van der Waals surface area contributed by atoms with E-state index >= 15 is 0 Å². The van der Waals surface area contributed by atoms with Crippen molar-refractivity contribution in [2.45, 2.75) is 19.9 Å². The van der Waals surface area contributed by atoms with Crippen molar-refractivity contribution in [2.75, 3.05) is 12.4 Å². The van der Waals surface area contributed by atoms with Gasteiger partial charge < -0.3 is 15.2 Å². The van der Waals surface area contributed by atoms with Crippen LogP contribution in [0.1, 0.15) is 28.4 Å². The first kappa shape index (κ1) is 14.9. The Labute approximate surface area is 124 Å². The average Bonchev–Trinajstić information content (AvgIpc) is 2.52. The molecule has 0 heterocycles. The van der Waals surface area contributed by atoms with Gasteiger partial charge in [-0.2, -0.15) is 0 Å². The molecule has 2 N–H and O–H groups in total. The van der Waals surface area contributed by atoms with Crippen molar-refractivity contribution in [1.82, 2.24) is 0 Å². The van der Waals surface area contributed by atoms with Gasteiger partial charge in [0.05, 0.1) is 18.4 Å². The Morgan fingerprint density at radius 2 is 1.81 bits per heavy atom. The van der Waals surface area contributed by atoms with Crippen molar-refractivity contribution in [3.05, 3.63) is 59.2 Å². The summed E-state index contributed by atoms with van der Waals surface area (Å²) in [7, 11) is 1.56. The maximum atomic E-state index is 11.2. The summed E-state index contributed by atoms with van der Waals surface area (Å²) in [5.74, 6) is -0.328. The first-order chi connectivity index (χ1) is 10.1. The van der Waals surface area contributed by atoms with E-state index in [-0.39, 0.29) is 5.56 Å². The highest BCUT2D eigenvalue weighted by Gasteiger charge is 2.10. The summed E-state index contributed by atoms with van der Waals surface area (Å²) in [5, 5.41) is 12.4. The van der Waals surface area contributed by atoms with Crippen LogP contribution in [0, 0.1) is 0 Å². The molecule has 0 amide bonds. The van der Waals surface area contributed by atoms with E-state index in [9.17, 15) is 9.90 Å². The van der Waals surface area contributed by atoms with Crippen molar-refractivity contribution in [1.29, 1.82) is 0 Å². The Morgan fingerprint density at radius 3 is 2.38 bits per heavy atom. The summed E-state index contributed by atoms with van der Waals surface area (Å²) in [4.78, 5) is 11.2. The standard InChI is InChI=1S/C17H19NO3/c1-3-12-4-6-13(7-5-12)11-18-16-10-14(21-2)8-9-15(16)17(19)20/h4-10,18H,3,11H2,1-2H3,(H,19,20). The second-order valence-electron chi connectivity index (χ2n) is 4.74. The molecule has 2 rings (SSSR count). The highest BCUT2D eigenvalue weighted by Crippen LogP contribution is 2.23. The minimum atomic E-state index is -0.957. The Hall–Kier alpha value is -2.49. The van der Waals surface area contributed by atoms with Gasteiger partial charge in [0.25, 0.3) is 0 Å². The lowest BCUT2D eigenvalue weighted by Gasteiger charge is -2.11. The molecule has 0 atom stereocenters. The lowest BCUT2D eigenvalue weighted by atomic mass is 10.1. The van der Waals surface area contributed by atoms with Crippen LogP contribution in [-0.4, -0.2) is 18.2 Å². The van der Waals surface area contributed by atoms with Crippen LogP contribution in [0.3, 0.4) is 0 Å². The largest absolute Gasteiger partial charge is 0.497 e. The van der Waals surface area contributed by atoms with Gasteiger partial charge in [0.1, 0.15) is 5.75 Å². The third-order valence-corrected chi connectivity index (χ3v) is 3.37. The molecule has 0 aliphatic rings. The monoisotopic (exact) mass is 285 g/mol. The lowest BCUT2D eigenvalue weighted by molar-refractivity contribution is 0.0698. The van der Waals surface area contributed by atoms with E-state index in [1.165, 1.54) is 5.56 Å². The fourth-order valence-corrected chi connectivity index (χ4v) is 2.07. The van der Waals surface area contributed by atoms with Crippen LogP contribution in [0.2, 0.25) is 0 Å². The molecule has 0 saturated heterocycles. The van der Waals surface area contributed by atoms with E-state index in [2.05, 4.69) is 24.4 Å². The fourth-order valence-electron chi connectivity index (χ4n) is 2.07. The van der Waals surface area contributed by atoms with Gasteiger partial charge in [-0.05, 0) is 29.7 Å². The molecule has 4 heteroatoms. The topological polar surface area (TPSA) is 58.6 Å². The van der Waals surface area contributed by atoms with Crippen LogP contribution in [0.4, 0.5) is 5.69 Å². The zero-order chi connectivity index (χ0) is 15.2. The van der Waals surface area contributed by atoms with Gasteiger partial charge in [-0.3, -0.25) is 0 Å². The van der Waals surface area contributed by atoms with E-state index < -0.39 is 5.97 Å². The highest BCUT2D eigenvalue weighted by atomic mass is 16.5. The number of rotatable bonds is 6. The maximum Gasteiger partial charge on any atom is 0.337 e. The van der Waals surface area contributed by atoms with Crippen LogP contribution in [-0.2, 0) is 13.0 Å². The predicted octanol–water partition coefficient (Wildman–Crippen LogP) is 3.57. The zero-order valence-corrected chi connectivity index (χ0v) is 12.2. The first-order valence-electron chi connectivity index (χ1n) is 6.87. The van der Waals surface area contributed by atoms with E-state index in [1.54, 1.807) is 25.3 Å². The number of ether oxygens (including phenoxy) is 1. The molecule has 0 aliphatic carbocycles. The molecule has 0 aliphatic heterocycles. The number of benzene rings is 2. The van der Waals surface area contributed by atoms with Crippen LogP contribution < -0.4 is 10.1 Å². The quantitative estimate of drug-likeness (QED) is 0.852. The van der Waals surface area contributed by atoms with E-state index in [0.29, 0.717) is 18.0 Å². The molecular weight excluding hydrogens is 266 g/mol. The number of methoxy groups -OCH3 is 1. The van der Waals surface area contributed by atoms with Gasteiger partial charge in [-0.1, -0.05) is 31.2 Å². The number of carboxylic acid groups (broad SMARTS) is 1. The normalized spacial score (nSPS) is 10.2. The van der Waals surface area contributed by atoms with Gasteiger partial charge in [-0.15, -0.1) is 0 Å². The molecule has 2 aromatic carbocycles. The molecule has 0 spiro atoms. The summed E-state index contributed by atoms with van der Waals surface area (Å²) in [6, 6.07) is 13.2. The molecule has 0 radical (unpaired) electrons. The second-order valence-corrected chi connectivity index (χ2v) is 4.74. The fraction of sp³-hybridized carbons (Fsp3) is 0.235. The number of hydrogen-bond donors (Lipinski definition) is 2. The van der Waals surface area contributed by atoms with Gasteiger partial charge in [0, 0.05) is 12.6 Å². The van der Waals surface area contributed by atoms with Crippen LogP contribution in [0.15, 0.2) is 42.5 Å². The number of carbonyl (C=O) groups is 1. The third-order valence-electron chi connectivity index (χ3n) is 3.37. The first-order valence-corrected chi connectivity index (χ1v) is 6.87. The van der Waals surface area contributed by atoms with E-state index in [1.807, 2.05) is 12.1 Å². The van der Waals surface area contributed by atoms with Crippen molar-refractivity contribution in [3.8, 4) is 5.75 Å². The summed E-state index contributed by atoms with van der Waals surface area (Å²) in [5.41, 5.74) is 3.18. The summed E-state index contributed by atoms with van der Waals surface area (Å²) >= 11 is 0. The van der Waals surface area contributed by atoms with Gasteiger partial charge in [0.15, 0.2) is 0 Å². The van der Waals surface area contributed by atoms with Gasteiger partial charge >= 0.3 is 5.97 Å². The lowest BCUT2D eigenvalue weighted by Crippen LogP contribution is -2.06. The smallest absolute Gasteiger partial charge is 0.337 e. The SMILES string of the molecule is CCc1ccc(CNc2cc(OC)ccc2C(=O)O)cc1. The van der Waals surface area contributed by atoms with Gasteiger partial charge in [-0.25, -0.2) is 4.79 Å². The van der Waals surface area contributed by atoms with E-state index in [4.69, 9.17) is 4.74 Å². The van der Waals surface area contributed by atoms with E-state index in [0.717, 1.165) is 12.0 Å². The second kappa shape index (κ2) is 6.79. The summed E-state index contributed by atoms with van der Waals surface area (Å²) in [6.45, 7) is 2.68. The Kier molecular flexibility index (Phi) is 4.82. The number of anilines is 1. The molecule has 0 fully saturated rings. The molecule has 0 aromatic heterocycles. The third kappa shape index (κ3) is 3.75. The Bertz CT molecular complexity index is 620. The molecule has 2 aromatic rings. The zero-order valence-electron chi connectivity index (χ0n) is 12.2. The predicted molar refractivity (Wildman–Crippen MR) is 83.1 cm³/mol. The van der Waals surface area contributed by atoms with Crippen LogP contribution in [0.5, 0.6) is 5.75 Å². The molecule has 0 unspecified atom stereocenters. The Morgan fingerprint density at radius 1 is 1.14 bits per heavy atom. The van der Waals surface area contributed by atoms with Gasteiger partial charge in [0.2, 0.25) is 0 Å². The molecular formula is C17H19NO3. The number of aryl methyl sites for hydroxylation is 1. The number of hydrogen-bond acceptors (Lipinski definition) is 3. The van der Waals surface area contributed by atoms with Crippen LogP contribution in [0.25, 0.3) is 0 Å². The highest BCUT2D eigenvalue weighted by molar-refractivity contribution is 5.94.